The molecule has 0 aliphatic heterocycles. The van der Waals surface area contributed by atoms with E-state index in [1.165, 1.54) is 0 Å². The molecule has 2 aromatic carbocycles. The van der Waals surface area contributed by atoms with Crippen LogP contribution in [-0.2, 0) is 6.18 Å². The van der Waals surface area contributed by atoms with E-state index in [2.05, 4.69) is 20.9 Å². The maximum absolute atomic E-state index is 12.6. The summed E-state index contributed by atoms with van der Waals surface area (Å²) in [6.45, 7) is 2.71. The van der Waals surface area contributed by atoms with Crippen molar-refractivity contribution in [2.45, 2.75) is 19.1 Å². The van der Waals surface area contributed by atoms with Crippen LogP contribution in [0, 0.1) is 0 Å². The second-order valence-corrected chi connectivity index (χ2v) is 6.11. The zero-order chi connectivity index (χ0) is 20.6. The molecule has 1 unspecified atom stereocenters. The summed E-state index contributed by atoms with van der Waals surface area (Å²) >= 11 is 0. The molecule has 1 amide bonds. The highest BCUT2D eigenvalue weighted by molar-refractivity contribution is 5.94. The Hall–Kier alpha value is -3.03. The molecule has 0 fully saturated rings. The maximum atomic E-state index is 12.6. The molecule has 0 saturated heterocycles. The van der Waals surface area contributed by atoms with Crippen LogP contribution in [0.4, 0.5) is 13.2 Å². The van der Waals surface area contributed by atoms with E-state index in [0.717, 1.165) is 29.8 Å². The highest BCUT2D eigenvalue weighted by Crippen LogP contribution is 2.29. The van der Waals surface area contributed by atoms with E-state index >= 15 is 0 Å². The highest BCUT2D eigenvalue weighted by atomic mass is 19.4. The van der Waals surface area contributed by atoms with E-state index in [1.807, 2.05) is 37.3 Å². The Kier molecular flexibility index (Phi) is 7.43. The van der Waals surface area contributed by atoms with Gasteiger partial charge in [0.25, 0.3) is 5.91 Å². The molecule has 0 spiro atoms. The summed E-state index contributed by atoms with van der Waals surface area (Å²) in [6.07, 6.45) is -4.42. The molecule has 2 aromatic rings. The minimum Gasteiger partial charge on any atom is -0.355 e. The molecule has 5 nitrogen and oxygen atoms in total. The average Bonchev–Trinajstić information content (AvgIpc) is 2.70. The summed E-state index contributed by atoms with van der Waals surface area (Å²) in [7, 11) is 1.65. The molecule has 1 atom stereocenters. The third-order valence-corrected chi connectivity index (χ3v) is 4.05. The predicted octanol–water partition coefficient (Wildman–Crippen LogP) is 3.36. The van der Waals surface area contributed by atoms with Gasteiger partial charge in [-0.05, 0) is 36.8 Å². The first-order chi connectivity index (χ1) is 13.3. The number of guanidine groups is 1. The fraction of sp³-hybridized carbons (Fsp3) is 0.300. The second-order valence-electron chi connectivity index (χ2n) is 6.11. The number of aliphatic imine (C=N–C) groups is 1. The van der Waals surface area contributed by atoms with Gasteiger partial charge in [-0.2, -0.15) is 13.2 Å². The molecule has 0 aliphatic rings. The number of carbonyl (C=O) groups is 1. The maximum Gasteiger partial charge on any atom is 0.416 e. The zero-order valence-electron chi connectivity index (χ0n) is 15.7. The summed E-state index contributed by atoms with van der Waals surface area (Å²) in [5.41, 5.74) is 0.502. The van der Waals surface area contributed by atoms with Gasteiger partial charge in [-0.3, -0.25) is 9.79 Å². The Bertz CT molecular complexity index is 789. The Morgan fingerprint density at radius 1 is 1.00 bits per heavy atom. The Morgan fingerprint density at radius 3 is 2.18 bits per heavy atom. The molecule has 28 heavy (non-hydrogen) atoms. The topological polar surface area (TPSA) is 65.5 Å². The lowest BCUT2D eigenvalue weighted by molar-refractivity contribution is -0.137. The minimum absolute atomic E-state index is 0.0501. The van der Waals surface area contributed by atoms with E-state index < -0.39 is 17.6 Å². The molecule has 0 radical (unpaired) electrons. The SMILES string of the molecule is CN=C(NCCNC(=O)c1ccc(C(F)(F)F)cc1)NC(C)c1ccccc1. The lowest BCUT2D eigenvalue weighted by atomic mass is 10.1. The van der Waals surface area contributed by atoms with Gasteiger partial charge >= 0.3 is 6.18 Å². The van der Waals surface area contributed by atoms with E-state index in [4.69, 9.17) is 0 Å². The fourth-order valence-corrected chi connectivity index (χ4v) is 2.49. The molecule has 0 bridgehead atoms. The van der Waals surface area contributed by atoms with Gasteiger partial charge in [0, 0.05) is 25.7 Å². The molecule has 3 N–H and O–H groups in total. The van der Waals surface area contributed by atoms with E-state index in [9.17, 15) is 18.0 Å². The van der Waals surface area contributed by atoms with Crippen molar-refractivity contribution < 1.29 is 18.0 Å². The first kappa shape index (κ1) is 21.3. The molecule has 8 heteroatoms. The standard InChI is InChI=1S/C20H23F3N4O/c1-14(15-6-4-3-5-7-15)27-19(24-2)26-13-12-25-18(28)16-8-10-17(11-9-16)20(21,22)23/h3-11,14H,12-13H2,1-2H3,(H,25,28)(H2,24,26,27). The monoisotopic (exact) mass is 392 g/mol. The minimum atomic E-state index is -4.42. The quantitative estimate of drug-likeness (QED) is 0.401. The van der Waals surface area contributed by atoms with Crippen molar-refractivity contribution in [1.82, 2.24) is 16.0 Å². The van der Waals surface area contributed by atoms with E-state index in [0.29, 0.717) is 19.0 Å². The van der Waals surface area contributed by atoms with Gasteiger partial charge in [0.15, 0.2) is 5.96 Å². The molecule has 2 rings (SSSR count). The van der Waals surface area contributed by atoms with Crippen LogP contribution in [-0.4, -0.2) is 32.0 Å². The third kappa shape index (κ3) is 6.29. The molecular weight excluding hydrogens is 369 g/mol. The number of hydrogen-bond donors (Lipinski definition) is 3. The molecule has 0 aromatic heterocycles. The Morgan fingerprint density at radius 2 is 1.61 bits per heavy atom. The normalized spacial score (nSPS) is 13.0. The van der Waals surface area contributed by atoms with Crippen LogP contribution >= 0.6 is 0 Å². The average molecular weight is 392 g/mol. The first-order valence-corrected chi connectivity index (χ1v) is 8.79. The number of alkyl halides is 3. The lowest BCUT2D eigenvalue weighted by Crippen LogP contribution is -2.42. The number of halogens is 3. The van der Waals surface area contributed by atoms with Gasteiger partial charge < -0.3 is 16.0 Å². The van der Waals surface area contributed by atoms with Crippen LogP contribution in [0.15, 0.2) is 59.6 Å². The summed E-state index contributed by atoms with van der Waals surface area (Å²) in [5, 5.41) is 8.98. The predicted molar refractivity (Wildman–Crippen MR) is 103 cm³/mol. The van der Waals surface area contributed by atoms with Crippen molar-refractivity contribution in [3.8, 4) is 0 Å². The third-order valence-electron chi connectivity index (χ3n) is 4.05. The molecule has 0 aliphatic carbocycles. The second kappa shape index (κ2) is 9.77. The molecule has 150 valence electrons. The van der Waals surface area contributed by atoms with Crippen molar-refractivity contribution in [2.75, 3.05) is 20.1 Å². The molecule has 0 heterocycles. The van der Waals surface area contributed by atoms with Crippen molar-refractivity contribution in [3.05, 3.63) is 71.3 Å². The van der Waals surface area contributed by atoms with Gasteiger partial charge in [-0.15, -0.1) is 0 Å². The lowest BCUT2D eigenvalue weighted by Gasteiger charge is -2.18. The van der Waals surface area contributed by atoms with Crippen molar-refractivity contribution in [1.29, 1.82) is 0 Å². The largest absolute Gasteiger partial charge is 0.416 e. The van der Waals surface area contributed by atoms with Crippen LogP contribution in [0.1, 0.15) is 34.5 Å². The highest BCUT2D eigenvalue weighted by Gasteiger charge is 2.30. The summed E-state index contributed by atoms with van der Waals surface area (Å²) in [6, 6.07) is 14.0. The molecular formula is C20H23F3N4O. The van der Waals surface area contributed by atoms with Gasteiger partial charge in [0.2, 0.25) is 0 Å². The van der Waals surface area contributed by atoms with Gasteiger partial charge in [0.05, 0.1) is 11.6 Å². The fourth-order valence-electron chi connectivity index (χ4n) is 2.49. The number of hydrogen-bond acceptors (Lipinski definition) is 2. The number of nitrogens with one attached hydrogen (secondary N) is 3. The van der Waals surface area contributed by atoms with E-state index in [-0.39, 0.29) is 11.6 Å². The zero-order valence-corrected chi connectivity index (χ0v) is 15.7. The summed E-state index contributed by atoms with van der Waals surface area (Å²) in [4.78, 5) is 16.2. The molecule has 0 saturated carbocycles. The van der Waals surface area contributed by atoms with Crippen molar-refractivity contribution in [2.24, 2.45) is 4.99 Å². The van der Waals surface area contributed by atoms with Gasteiger partial charge in [-0.25, -0.2) is 0 Å². The van der Waals surface area contributed by atoms with Crippen LogP contribution in [0.3, 0.4) is 0 Å². The Labute approximate surface area is 162 Å². The van der Waals surface area contributed by atoms with E-state index in [1.54, 1.807) is 7.05 Å². The number of rotatable bonds is 6. The number of carbonyl (C=O) groups excluding carboxylic acids is 1. The Balaban J connectivity index is 1.77. The van der Waals surface area contributed by atoms with Crippen LogP contribution in [0.2, 0.25) is 0 Å². The number of amides is 1. The summed E-state index contributed by atoms with van der Waals surface area (Å²) < 4.78 is 37.7. The van der Waals surface area contributed by atoms with Crippen LogP contribution in [0.5, 0.6) is 0 Å². The first-order valence-electron chi connectivity index (χ1n) is 8.79. The van der Waals surface area contributed by atoms with Crippen molar-refractivity contribution in [3.63, 3.8) is 0 Å². The van der Waals surface area contributed by atoms with Crippen LogP contribution < -0.4 is 16.0 Å². The smallest absolute Gasteiger partial charge is 0.355 e. The number of benzene rings is 2. The van der Waals surface area contributed by atoms with Gasteiger partial charge in [0.1, 0.15) is 0 Å². The van der Waals surface area contributed by atoms with Gasteiger partial charge in [-0.1, -0.05) is 30.3 Å². The number of nitrogens with zero attached hydrogens (tertiary/aromatic N) is 1. The van der Waals surface area contributed by atoms with Crippen molar-refractivity contribution >= 4 is 11.9 Å². The van der Waals surface area contributed by atoms with Crippen LogP contribution in [0.25, 0.3) is 0 Å². The summed E-state index contributed by atoms with van der Waals surface area (Å²) in [5.74, 6) is 0.149.